The number of rotatable bonds is 7. The van der Waals surface area contributed by atoms with Crippen molar-refractivity contribution in [3.8, 4) is 5.75 Å². The number of aryl methyl sites for hydroxylation is 1. The number of anilines is 1. The predicted molar refractivity (Wildman–Crippen MR) is 113 cm³/mol. The van der Waals surface area contributed by atoms with Gasteiger partial charge >= 0.3 is 0 Å². The number of nitro groups is 1. The second-order valence-corrected chi connectivity index (χ2v) is 9.05. The van der Waals surface area contributed by atoms with Gasteiger partial charge in [0.15, 0.2) is 6.61 Å². The quantitative estimate of drug-likeness (QED) is 0.487. The van der Waals surface area contributed by atoms with Crippen molar-refractivity contribution in [2.24, 2.45) is 0 Å². The van der Waals surface area contributed by atoms with Gasteiger partial charge in [-0.1, -0.05) is 17.7 Å². The largest absolute Gasteiger partial charge is 0.482 e. The minimum absolute atomic E-state index is 0.0171. The van der Waals surface area contributed by atoms with Crippen molar-refractivity contribution >= 4 is 38.9 Å². The van der Waals surface area contributed by atoms with E-state index < -0.39 is 27.5 Å². The predicted octanol–water partition coefficient (Wildman–Crippen LogP) is 2.60. The van der Waals surface area contributed by atoms with E-state index in [1.54, 1.807) is 6.92 Å². The fraction of sp³-hybridized carbons (Fsp3) is 0.316. The zero-order valence-corrected chi connectivity index (χ0v) is 18.1. The van der Waals surface area contributed by atoms with E-state index in [0.29, 0.717) is 24.5 Å². The molecule has 0 unspecified atom stereocenters. The standard InChI is InChI=1S/C19H20ClN3O7S/c1-13-2-3-14(23(25)26)10-17(13)21-19(24)12-30-18-5-4-15(11-16(18)20)31(27,28)22-6-8-29-9-7-22/h2-5,10-11H,6-9,12H2,1H3,(H,21,24). The van der Waals surface area contributed by atoms with Crippen molar-refractivity contribution in [2.75, 3.05) is 38.2 Å². The molecule has 31 heavy (non-hydrogen) atoms. The summed E-state index contributed by atoms with van der Waals surface area (Å²) in [4.78, 5) is 22.6. The first-order chi connectivity index (χ1) is 14.7. The number of halogens is 1. The molecule has 1 saturated heterocycles. The van der Waals surface area contributed by atoms with E-state index in [9.17, 15) is 23.3 Å². The molecule has 166 valence electrons. The molecule has 2 aromatic carbocycles. The van der Waals surface area contributed by atoms with Gasteiger partial charge in [-0.2, -0.15) is 4.31 Å². The van der Waals surface area contributed by atoms with Crippen LogP contribution in [0.3, 0.4) is 0 Å². The second kappa shape index (κ2) is 9.60. The summed E-state index contributed by atoms with van der Waals surface area (Å²) in [5.41, 5.74) is 0.789. The van der Waals surface area contributed by atoms with Crippen LogP contribution in [-0.2, 0) is 19.6 Å². The van der Waals surface area contributed by atoms with Crippen LogP contribution in [0, 0.1) is 17.0 Å². The minimum Gasteiger partial charge on any atom is -0.482 e. The summed E-state index contributed by atoms with van der Waals surface area (Å²) in [6, 6.07) is 8.12. The van der Waals surface area contributed by atoms with Gasteiger partial charge in [0, 0.05) is 25.2 Å². The molecule has 0 radical (unpaired) electrons. The number of carbonyl (C=O) groups excluding carboxylic acids is 1. The maximum absolute atomic E-state index is 12.7. The van der Waals surface area contributed by atoms with Crippen LogP contribution in [0.5, 0.6) is 5.75 Å². The Morgan fingerprint density at radius 2 is 1.97 bits per heavy atom. The Balaban J connectivity index is 1.65. The number of amides is 1. The zero-order valence-electron chi connectivity index (χ0n) is 16.5. The van der Waals surface area contributed by atoms with E-state index in [-0.39, 0.29) is 34.4 Å². The molecule has 10 nitrogen and oxygen atoms in total. The molecule has 0 aromatic heterocycles. The summed E-state index contributed by atoms with van der Waals surface area (Å²) in [6.07, 6.45) is 0. The lowest BCUT2D eigenvalue weighted by Crippen LogP contribution is -2.40. The fourth-order valence-corrected chi connectivity index (χ4v) is 4.62. The van der Waals surface area contributed by atoms with Crippen molar-refractivity contribution in [2.45, 2.75) is 11.8 Å². The van der Waals surface area contributed by atoms with Gasteiger partial charge in [-0.25, -0.2) is 8.42 Å². The molecule has 1 aliphatic rings. The van der Waals surface area contributed by atoms with Gasteiger partial charge in [0.1, 0.15) is 5.75 Å². The van der Waals surface area contributed by atoms with Gasteiger partial charge in [0.25, 0.3) is 11.6 Å². The van der Waals surface area contributed by atoms with E-state index in [2.05, 4.69) is 5.32 Å². The molecule has 1 amide bonds. The summed E-state index contributed by atoms with van der Waals surface area (Å²) < 4.78 is 37.3. The maximum atomic E-state index is 12.7. The smallest absolute Gasteiger partial charge is 0.271 e. The first kappa shape index (κ1) is 22.9. The van der Waals surface area contributed by atoms with Crippen LogP contribution in [0.4, 0.5) is 11.4 Å². The molecule has 1 fully saturated rings. The Hall–Kier alpha value is -2.73. The Morgan fingerprint density at radius 3 is 2.61 bits per heavy atom. The van der Waals surface area contributed by atoms with Gasteiger partial charge < -0.3 is 14.8 Å². The molecule has 2 aromatic rings. The van der Waals surface area contributed by atoms with Crippen LogP contribution in [0.15, 0.2) is 41.3 Å². The molecule has 1 N–H and O–H groups in total. The monoisotopic (exact) mass is 469 g/mol. The number of nitrogens with one attached hydrogen (secondary N) is 1. The van der Waals surface area contributed by atoms with Gasteiger partial charge in [-0.3, -0.25) is 14.9 Å². The van der Waals surface area contributed by atoms with Crippen molar-refractivity contribution in [3.05, 3.63) is 57.1 Å². The molecule has 0 bridgehead atoms. The first-order valence-electron chi connectivity index (χ1n) is 9.23. The molecule has 1 heterocycles. The lowest BCUT2D eigenvalue weighted by Gasteiger charge is -2.26. The Labute approximate surface area is 183 Å². The van der Waals surface area contributed by atoms with Crippen LogP contribution in [-0.4, -0.2) is 56.5 Å². The molecule has 0 spiro atoms. The van der Waals surface area contributed by atoms with E-state index in [4.69, 9.17) is 21.1 Å². The highest BCUT2D eigenvalue weighted by Crippen LogP contribution is 2.29. The summed E-state index contributed by atoms with van der Waals surface area (Å²) >= 11 is 6.16. The normalized spacial score (nSPS) is 14.8. The number of carbonyl (C=O) groups is 1. The Morgan fingerprint density at radius 1 is 1.26 bits per heavy atom. The highest BCUT2D eigenvalue weighted by molar-refractivity contribution is 7.89. The number of morpholine rings is 1. The molecule has 0 aliphatic carbocycles. The van der Waals surface area contributed by atoms with Crippen molar-refractivity contribution in [1.29, 1.82) is 0 Å². The van der Waals surface area contributed by atoms with Gasteiger partial charge in [-0.05, 0) is 30.7 Å². The third kappa shape index (κ3) is 5.50. The molecule has 0 saturated carbocycles. The third-order valence-electron chi connectivity index (χ3n) is 4.58. The van der Waals surface area contributed by atoms with E-state index >= 15 is 0 Å². The number of nitrogens with zero attached hydrogens (tertiary/aromatic N) is 2. The van der Waals surface area contributed by atoms with Crippen LogP contribution in [0.25, 0.3) is 0 Å². The maximum Gasteiger partial charge on any atom is 0.271 e. The van der Waals surface area contributed by atoms with Gasteiger partial charge in [-0.15, -0.1) is 0 Å². The van der Waals surface area contributed by atoms with E-state index in [0.717, 1.165) is 0 Å². The fourth-order valence-electron chi connectivity index (χ4n) is 2.88. The van der Waals surface area contributed by atoms with Crippen molar-refractivity contribution in [1.82, 2.24) is 4.31 Å². The Kier molecular flexibility index (Phi) is 7.11. The SMILES string of the molecule is Cc1ccc([N+](=O)[O-])cc1NC(=O)COc1ccc(S(=O)(=O)N2CCOCC2)cc1Cl. The number of non-ortho nitro benzene ring substituents is 1. The van der Waals surface area contributed by atoms with Crippen LogP contribution in [0.1, 0.15) is 5.56 Å². The second-order valence-electron chi connectivity index (χ2n) is 6.70. The highest BCUT2D eigenvalue weighted by Gasteiger charge is 2.27. The van der Waals surface area contributed by atoms with Crippen LogP contribution >= 0.6 is 11.6 Å². The molecule has 0 atom stereocenters. The molecular formula is C19H20ClN3O7S. The third-order valence-corrected chi connectivity index (χ3v) is 6.77. The Bertz CT molecular complexity index is 1100. The summed E-state index contributed by atoms with van der Waals surface area (Å²) in [5, 5.41) is 13.5. The minimum atomic E-state index is -3.71. The highest BCUT2D eigenvalue weighted by atomic mass is 35.5. The van der Waals surface area contributed by atoms with Crippen molar-refractivity contribution in [3.63, 3.8) is 0 Å². The van der Waals surface area contributed by atoms with Crippen molar-refractivity contribution < 1.29 is 27.6 Å². The number of sulfonamides is 1. The van der Waals surface area contributed by atoms with Crippen LogP contribution < -0.4 is 10.1 Å². The summed E-state index contributed by atoms with van der Waals surface area (Å²) in [6.45, 7) is 2.45. The molecule has 1 aliphatic heterocycles. The zero-order chi connectivity index (χ0) is 22.6. The number of hydrogen-bond donors (Lipinski definition) is 1. The molecule has 12 heteroatoms. The number of ether oxygens (including phenoxy) is 2. The van der Waals surface area contributed by atoms with Crippen LogP contribution in [0.2, 0.25) is 5.02 Å². The average molecular weight is 470 g/mol. The van der Waals surface area contributed by atoms with E-state index in [1.165, 1.54) is 40.7 Å². The topological polar surface area (TPSA) is 128 Å². The van der Waals surface area contributed by atoms with Gasteiger partial charge in [0.05, 0.1) is 33.7 Å². The van der Waals surface area contributed by atoms with Gasteiger partial charge in [0.2, 0.25) is 10.0 Å². The van der Waals surface area contributed by atoms with E-state index in [1.807, 2.05) is 0 Å². The number of nitro benzene ring substituents is 1. The first-order valence-corrected chi connectivity index (χ1v) is 11.1. The lowest BCUT2D eigenvalue weighted by atomic mass is 10.2. The lowest BCUT2D eigenvalue weighted by molar-refractivity contribution is -0.384. The number of benzene rings is 2. The molecular weight excluding hydrogens is 450 g/mol. The average Bonchev–Trinajstić information content (AvgIpc) is 2.74. The summed E-state index contributed by atoms with van der Waals surface area (Å²) in [5.74, 6) is -0.418. The number of hydrogen-bond acceptors (Lipinski definition) is 7. The molecule has 3 rings (SSSR count). The summed E-state index contributed by atoms with van der Waals surface area (Å²) in [7, 11) is -3.71.